The Bertz CT molecular complexity index is 1370. The molecule has 1 atom stereocenters. The first-order valence-corrected chi connectivity index (χ1v) is 15.2. The second kappa shape index (κ2) is 12.6. The van der Waals surface area contributed by atoms with Crippen LogP contribution >= 0.6 is 50.7 Å². The van der Waals surface area contributed by atoms with Gasteiger partial charge in [0.1, 0.15) is 0 Å². The maximum atomic E-state index is 13.0. The number of nitrogens with zero attached hydrogens (tertiary/aromatic N) is 2. The minimum absolute atomic E-state index is 0.0594. The number of benzene rings is 2. The lowest BCUT2D eigenvalue weighted by molar-refractivity contribution is -0.132. The number of hydrogen-bond acceptors (Lipinski definition) is 3. The molecule has 1 aliphatic heterocycles. The molecule has 1 N–H and O–H groups in total. The van der Waals surface area contributed by atoms with Crippen molar-refractivity contribution >= 4 is 68.2 Å². The summed E-state index contributed by atoms with van der Waals surface area (Å²) in [4.78, 5) is 32.1. The van der Waals surface area contributed by atoms with Gasteiger partial charge in [-0.25, -0.2) is 0 Å². The fraction of sp³-hybridized carbons (Fsp3) is 0.367. The number of aromatic nitrogens is 1. The summed E-state index contributed by atoms with van der Waals surface area (Å²) in [5, 5.41) is 4.81. The van der Waals surface area contributed by atoms with Gasteiger partial charge in [0.05, 0.1) is 5.69 Å². The zero-order valence-corrected chi connectivity index (χ0v) is 25.2. The molecule has 1 fully saturated rings. The lowest BCUT2D eigenvalue weighted by Gasteiger charge is -2.37. The van der Waals surface area contributed by atoms with E-state index >= 15 is 0 Å². The van der Waals surface area contributed by atoms with Gasteiger partial charge in [-0.05, 0) is 113 Å². The molecule has 2 aliphatic rings. The fourth-order valence-electron chi connectivity index (χ4n) is 5.83. The molecule has 3 aromatic rings. The van der Waals surface area contributed by atoms with Crippen LogP contribution in [0, 0.1) is 5.92 Å². The van der Waals surface area contributed by atoms with E-state index in [4.69, 9.17) is 39.8 Å². The van der Waals surface area contributed by atoms with Crippen molar-refractivity contribution in [1.29, 1.82) is 0 Å². The molecule has 2 aromatic carbocycles. The Labute approximate surface area is 252 Å². The molecule has 0 saturated carbocycles. The van der Waals surface area contributed by atoms with Crippen LogP contribution in [0.25, 0.3) is 0 Å². The van der Waals surface area contributed by atoms with E-state index < -0.39 is 0 Å². The van der Waals surface area contributed by atoms with Crippen molar-refractivity contribution in [2.45, 2.75) is 50.9 Å². The van der Waals surface area contributed by atoms with Gasteiger partial charge in [-0.15, -0.1) is 0 Å². The normalized spacial score (nSPS) is 17.2. The largest absolute Gasteiger partial charge is 0.343 e. The molecular formula is C30H29BrCl3N3O2. The Morgan fingerprint density at radius 1 is 0.949 bits per heavy atom. The highest BCUT2D eigenvalue weighted by molar-refractivity contribution is 9.10. The van der Waals surface area contributed by atoms with E-state index in [0.717, 1.165) is 41.4 Å². The number of hydrogen-bond donors (Lipinski definition) is 1. The van der Waals surface area contributed by atoms with Gasteiger partial charge in [0, 0.05) is 63.3 Å². The van der Waals surface area contributed by atoms with Crippen molar-refractivity contribution in [3.63, 3.8) is 0 Å². The molecule has 1 aliphatic carbocycles. The third kappa shape index (κ3) is 6.79. The summed E-state index contributed by atoms with van der Waals surface area (Å²) in [6.07, 6.45) is 6.49. The molecule has 9 heteroatoms. The SMILES string of the molecule is O=C(CCCC(=O)N1CCC(C2c3ncc(Br)cc3CCc3cc(Cl)cc(Cl)c32)CC1)Nc1ccc(Cl)cc1. The molecule has 2 amide bonds. The van der Waals surface area contributed by atoms with E-state index in [1.54, 1.807) is 24.3 Å². The van der Waals surface area contributed by atoms with Gasteiger partial charge in [-0.3, -0.25) is 14.6 Å². The highest BCUT2D eigenvalue weighted by atomic mass is 79.9. The molecule has 5 rings (SSSR count). The number of fused-ring (bicyclic) bond motifs is 2. The average Bonchev–Trinajstić information content (AvgIpc) is 3.07. The van der Waals surface area contributed by atoms with E-state index in [-0.39, 0.29) is 17.7 Å². The first kappa shape index (κ1) is 28.4. The Morgan fingerprint density at radius 2 is 1.67 bits per heavy atom. The second-order valence-electron chi connectivity index (χ2n) is 10.3. The van der Waals surface area contributed by atoms with Crippen molar-refractivity contribution < 1.29 is 9.59 Å². The summed E-state index contributed by atoms with van der Waals surface area (Å²) in [5.41, 5.74) is 5.32. The first-order chi connectivity index (χ1) is 18.8. The number of nitrogens with one attached hydrogen (secondary N) is 1. The van der Waals surface area contributed by atoms with E-state index in [9.17, 15) is 9.59 Å². The summed E-state index contributed by atoms with van der Waals surface area (Å²) in [7, 11) is 0. The number of rotatable bonds is 6. The van der Waals surface area contributed by atoms with Crippen LogP contribution in [-0.2, 0) is 22.4 Å². The van der Waals surface area contributed by atoms with Gasteiger partial charge >= 0.3 is 0 Å². The lowest BCUT2D eigenvalue weighted by atomic mass is 9.76. The highest BCUT2D eigenvalue weighted by Crippen LogP contribution is 2.46. The summed E-state index contributed by atoms with van der Waals surface area (Å²) < 4.78 is 0.970. The minimum atomic E-state index is -0.106. The quantitative estimate of drug-likeness (QED) is 0.294. The van der Waals surface area contributed by atoms with Crippen LogP contribution in [0.4, 0.5) is 5.69 Å². The smallest absolute Gasteiger partial charge is 0.224 e. The number of aryl methyl sites for hydroxylation is 2. The molecule has 2 heterocycles. The molecule has 0 radical (unpaired) electrons. The van der Waals surface area contributed by atoms with Crippen molar-refractivity contribution in [2.24, 2.45) is 5.92 Å². The minimum Gasteiger partial charge on any atom is -0.343 e. The lowest BCUT2D eigenvalue weighted by Crippen LogP contribution is -2.40. The summed E-state index contributed by atoms with van der Waals surface area (Å²) in [6.45, 7) is 1.37. The number of carbonyl (C=O) groups is 2. The Balaban J connectivity index is 1.21. The molecule has 39 heavy (non-hydrogen) atoms. The third-order valence-corrected chi connectivity index (χ3v) is 8.92. The van der Waals surface area contributed by atoms with Crippen LogP contribution in [0.1, 0.15) is 60.4 Å². The van der Waals surface area contributed by atoms with Crippen LogP contribution < -0.4 is 5.32 Å². The van der Waals surface area contributed by atoms with Gasteiger partial charge in [-0.2, -0.15) is 0 Å². The van der Waals surface area contributed by atoms with Crippen molar-refractivity contribution in [2.75, 3.05) is 18.4 Å². The summed E-state index contributed by atoms with van der Waals surface area (Å²) >= 11 is 22.7. The standard InChI is InChI=1S/C30H29BrCl3N3O2/c31-21-14-20-5-4-19-15-23(33)16-25(34)28(19)29(30(20)35-17-21)18-10-12-37(13-11-18)27(39)3-1-2-26(38)36-24-8-6-22(32)7-9-24/h6-9,14-18,29H,1-5,10-13H2,(H,36,38). The second-order valence-corrected chi connectivity index (χ2v) is 12.5. The number of likely N-dealkylation sites (tertiary alicyclic amines) is 1. The van der Waals surface area contributed by atoms with Gasteiger partial charge < -0.3 is 10.2 Å². The zero-order valence-electron chi connectivity index (χ0n) is 21.4. The van der Waals surface area contributed by atoms with Gasteiger partial charge in [0.15, 0.2) is 0 Å². The predicted octanol–water partition coefficient (Wildman–Crippen LogP) is 8.08. The van der Waals surface area contributed by atoms with Crippen LogP contribution in [0.3, 0.4) is 0 Å². The molecular weight excluding hydrogens is 621 g/mol. The third-order valence-electron chi connectivity index (χ3n) is 7.70. The van der Waals surface area contributed by atoms with Crippen molar-refractivity contribution in [3.05, 3.63) is 90.6 Å². The van der Waals surface area contributed by atoms with Gasteiger partial charge in [0.25, 0.3) is 0 Å². The summed E-state index contributed by atoms with van der Waals surface area (Å²) in [5.74, 6) is 0.360. The molecule has 1 unspecified atom stereocenters. The van der Waals surface area contributed by atoms with E-state index in [1.807, 2.05) is 23.2 Å². The number of carbonyl (C=O) groups excluding carboxylic acids is 2. The number of pyridine rings is 1. The number of piperidine rings is 1. The number of anilines is 1. The van der Waals surface area contributed by atoms with Crippen LogP contribution in [0.15, 0.2) is 53.1 Å². The average molecular weight is 650 g/mol. The van der Waals surface area contributed by atoms with E-state index in [2.05, 4.69) is 27.3 Å². The molecule has 5 nitrogen and oxygen atoms in total. The van der Waals surface area contributed by atoms with E-state index in [1.165, 1.54) is 11.1 Å². The Morgan fingerprint density at radius 3 is 2.41 bits per heavy atom. The van der Waals surface area contributed by atoms with Gasteiger partial charge in [-0.1, -0.05) is 34.8 Å². The maximum absolute atomic E-state index is 13.0. The molecule has 0 spiro atoms. The fourth-order valence-corrected chi connectivity index (χ4v) is 6.99. The Kier molecular flexibility index (Phi) is 9.17. The molecule has 204 valence electrons. The maximum Gasteiger partial charge on any atom is 0.224 e. The predicted molar refractivity (Wildman–Crippen MR) is 161 cm³/mol. The van der Waals surface area contributed by atoms with Crippen molar-refractivity contribution in [3.8, 4) is 0 Å². The summed E-state index contributed by atoms with van der Waals surface area (Å²) in [6, 6.07) is 13.0. The first-order valence-electron chi connectivity index (χ1n) is 13.2. The molecule has 1 aromatic heterocycles. The molecule has 1 saturated heterocycles. The van der Waals surface area contributed by atoms with Crippen LogP contribution in [-0.4, -0.2) is 34.8 Å². The Hall–Kier alpha value is -2.12. The van der Waals surface area contributed by atoms with Crippen LogP contribution in [0.5, 0.6) is 0 Å². The van der Waals surface area contributed by atoms with Crippen molar-refractivity contribution in [1.82, 2.24) is 9.88 Å². The van der Waals surface area contributed by atoms with Crippen LogP contribution in [0.2, 0.25) is 15.1 Å². The monoisotopic (exact) mass is 647 g/mol. The molecule has 0 bridgehead atoms. The number of halogens is 4. The zero-order chi connectivity index (χ0) is 27.5. The highest BCUT2D eigenvalue weighted by Gasteiger charge is 2.36. The number of amides is 2. The van der Waals surface area contributed by atoms with Gasteiger partial charge in [0.2, 0.25) is 11.8 Å². The topological polar surface area (TPSA) is 62.3 Å². The van der Waals surface area contributed by atoms with E-state index in [0.29, 0.717) is 59.0 Å².